The number of benzene rings is 2. The highest BCUT2D eigenvalue weighted by Crippen LogP contribution is 2.26. The highest BCUT2D eigenvalue weighted by Gasteiger charge is 2.24. The van der Waals surface area contributed by atoms with E-state index in [9.17, 15) is 4.79 Å². The second-order valence-electron chi connectivity index (χ2n) is 5.91. The van der Waals surface area contributed by atoms with Crippen molar-refractivity contribution in [1.29, 1.82) is 0 Å². The largest absolute Gasteiger partial charge is 0.303 e. The summed E-state index contributed by atoms with van der Waals surface area (Å²) >= 11 is 6.46. The fraction of sp³-hybridized carbons (Fsp3) is 0.0476. The molecule has 26 heavy (non-hydrogen) atoms. The van der Waals surface area contributed by atoms with Gasteiger partial charge in [-0.1, -0.05) is 66.2 Å². The molecule has 2 aromatic carbocycles. The number of hydrogen-bond acceptors (Lipinski definition) is 2. The molecule has 2 aromatic heterocycles. The number of hydrogen-bond donors (Lipinski definition) is 0. The van der Waals surface area contributed by atoms with E-state index in [1.165, 1.54) is 0 Å². The van der Waals surface area contributed by atoms with Gasteiger partial charge in [0.15, 0.2) is 5.69 Å². The third-order valence-corrected chi connectivity index (χ3v) is 4.55. The monoisotopic (exact) mass is 361 g/mol. The van der Waals surface area contributed by atoms with Crippen molar-refractivity contribution in [1.82, 2.24) is 9.61 Å². The zero-order valence-electron chi connectivity index (χ0n) is 13.9. The Kier molecular flexibility index (Phi) is 4.42. The summed E-state index contributed by atoms with van der Waals surface area (Å²) < 4.78 is 1.63. The van der Waals surface area contributed by atoms with Crippen molar-refractivity contribution in [3.8, 4) is 0 Å². The van der Waals surface area contributed by atoms with E-state index in [4.69, 9.17) is 11.6 Å². The Labute approximate surface area is 156 Å². The normalized spacial score (nSPS) is 10.8. The topological polar surface area (TPSA) is 37.6 Å². The summed E-state index contributed by atoms with van der Waals surface area (Å²) in [6, 6.07) is 25.0. The maximum Gasteiger partial charge on any atom is 0.280 e. The third-order valence-electron chi connectivity index (χ3n) is 4.18. The number of anilines is 1. The van der Waals surface area contributed by atoms with E-state index in [0.29, 0.717) is 17.1 Å². The molecule has 4 aromatic rings. The summed E-state index contributed by atoms with van der Waals surface area (Å²) in [6.07, 6.45) is 1.78. The molecule has 5 heteroatoms. The lowest BCUT2D eigenvalue weighted by atomic mass is 10.2. The fourth-order valence-electron chi connectivity index (χ4n) is 2.89. The molecule has 4 nitrogen and oxygen atoms in total. The van der Waals surface area contributed by atoms with Gasteiger partial charge < -0.3 is 4.90 Å². The van der Waals surface area contributed by atoms with Crippen LogP contribution in [0.25, 0.3) is 5.52 Å². The van der Waals surface area contributed by atoms with Gasteiger partial charge in [-0.2, -0.15) is 5.10 Å². The van der Waals surface area contributed by atoms with E-state index in [-0.39, 0.29) is 11.6 Å². The minimum absolute atomic E-state index is 0.228. The van der Waals surface area contributed by atoms with Gasteiger partial charge in [-0.3, -0.25) is 4.79 Å². The van der Waals surface area contributed by atoms with Crippen molar-refractivity contribution < 1.29 is 4.79 Å². The van der Waals surface area contributed by atoms with Crippen molar-refractivity contribution in [2.24, 2.45) is 0 Å². The number of rotatable bonds is 4. The SMILES string of the molecule is O=C(c1nn2ccccc2c1Cl)N(Cc1ccccc1)c1ccccc1. The van der Waals surface area contributed by atoms with E-state index >= 15 is 0 Å². The Bertz CT molecular complexity index is 1040. The van der Waals surface area contributed by atoms with Gasteiger partial charge in [0.05, 0.1) is 17.1 Å². The number of carbonyl (C=O) groups is 1. The molecule has 1 amide bonds. The van der Waals surface area contributed by atoms with Crippen molar-refractivity contribution in [2.75, 3.05) is 4.90 Å². The summed E-state index contributed by atoms with van der Waals surface area (Å²) in [4.78, 5) is 15.0. The average molecular weight is 362 g/mol. The number of nitrogens with zero attached hydrogens (tertiary/aromatic N) is 3. The van der Waals surface area contributed by atoms with Gasteiger partial charge in [-0.15, -0.1) is 0 Å². The molecule has 128 valence electrons. The Morgan fingerprint density at radius 3 is 2.27 bits per heavy atom. The van der Waals surface area contributed by atoms with Gasteiger partial charge in [-0.25, -0.2) is 4.52 Å². The molecule has 0 radical (unpaired) electrons. The van der Waals surface area contributed by atoms with Crippen LogP contribution in [-0.2, 0) is 6.54 Å². The first-order valence-electron chi connectivity index (χ1n) is 8.28. The van der Waals surface area contributed by atoms with E-state index in [0.717, 1.165) is 11.3 Å². The second-order valence-corrected chi connectivity index (χ2v) is 6.28. The second kappa shape index (κ2) is 7.02. The van der Waals surface area contributed by atoms with Gasteiger partial charge in [-0.05, 0) is 29.8 Å². The first-order valence-corrected chi connectivity index (χ1v) is 8.65. The van der Waals surface area contributed by atoms with Crippen LogP contribution in [0.3, 0.4) is 0 Å². The quantitative estimate of drug-likeness (QED) is 0.522. The summed E-state index contributed by atoms with van der Waals surface area (Å²) in [5.41, 5.74) is 2.79. The van der Waals surface area contributed by atoms with Crippen LogP contribution in [0.2, 0.25) is 5.02 Å². The van der Waals surface area contributed by atoms with E-state index < -0.39 is 0 Å². The molecule has 0 aliphatic heterocycles. The van der Waals surface area contributed by atoms with Crippen LogP contribution < -0.4 is 4.90 Å². The number of fused-ring (bicyclic) bond motifs is 1. The molecule has 2 heterocycles. The lowest BCUT2D eigenvalue weighted by Crippen LogP contribution is -2.31. The molecular weight excluding hydrogens is 346 g/mol. The number of pyridine rings is 1. The molecule has 0 atom stereocenters. The fourth-order valence-corrected chi connectivity index (χ4v) is 3.16. The smallest absolute Gasteiger partial charge is 0.280 e. The minimum atomic E-state index is -0.228. The van der Waals surface area contributed by atoms with E-state index in [1.54, 1.807) is 15.6 Å². The first-order chi connectivity index (χ1) is 12.7. The summed E-state index contributed by atoms with van der Waals surface area (Å²) in [6.45, 7) is 0.438. The van der Waals surface area contributed by atoms with Crippen LogP contribution in [-0.4, -0.2) is 15.5 Å². The maximum absolute atomic E-state index is 13.3. The molecule has 0 aliphatic carbocycles. The summed E-state index contributed by atoms with van der Waals surface area (Å²) in [5.74, 6) is -0.228. The van der Waals surface area contributed by atoms with E-state index in [1.807, 2.05) is 78.9 Å². The maximum atomic E-state index is 13.3. The molecule has 0 unspecified atom stereocenters. The first kappa shape index (κ1) is 16.4. The van der Waals surface area contributed by atoms with Crippen LogP contribution in [0.15, 0.2) is 85.1 Å². The Hall–Kier alpha value is -3.11. The van der Waals surface area contributed by atoms with Crippen LogP contribution in [0.4, 0.5) is 5.69 Å². The van der Waals surface area contributed by atoms with Crippen molar-refractivity contribution in [2.45, 2.75) is 6.54 Å². The average Bonchev–Trinajstić information content (AvgIpc) is 3.04. The number of amides is 1. The van der Waals surface area contributed by atoms with Crippen LogP contribution in [0, 0.1) is 0 Å². The molecular formula is C21H16ClN3O. The molecule has 0 fully saturated rings. The van der Waals surface area contributed by atoms with Crippen LogP contribution in [0.1, 0.15) is 16.1 Å². The zero-order chi connectivity index (χ0) is 17.9. The van der Waals surface area contributed by atoms with Crippen molar-refractivity contribution >= 4 is 28.7 Å². The van der Waals surface area contributed by atoms with Gasteiger partial charge in [0.1, 0.15) is 0 Å². The lowest BCUT2D eigenvalue weighted by molar-refractivity contribution is 0.0980. The highest BCUT2D eigenvalue weighted by atomic mass is 35.5. The molecule has 0 aliphatic rings. The number of aromatic nitrogens is 2. The Morgan fingerprint density at radius 2 is 1.58 bits per heavy atom. The van der Waals surface area contributed by atoms with Gasteiger partial charge in [0, 0.05) is 11.9 Å². The molecule has 0 saturated carbocycles. The number of carbonyl (C=O) groups excluding carboxylic acids is 1. The van der Waals surface area contributed by atoms with Gasteiger partial charge in [0.2, 0.25) is 0 Å². The number of halogens is 1. The highest BCUT2D eigenvalue weighted by molar-refractivity contribution is 6.37. The summed E-state index contributed by atoms with van der Waals surface area (Å²) in [7, 11) is 0. The minimum Gasteiger partial charge on any atom is -0.303 e. The zero-order valence-corrected chi connectivity index (χ0v) is 14.7. The third kappa shape index (κ3) is 3.07. The number of para-hydroxylation sites is 1. The predicted molar refractivity (Wildman–Crippen MR) is 104 cm³/mol. The van der Waals surface area contributed by atoms with Crippen molar-refractivity contribution in [3.05, 3.63) is 101 Å². The Morgan fingerprint density at radius 1 is 0.923 bits per heavy atom. The molecule has 0 saturated heterocycles. The van der Waals surface area contributed by atoms with Gasteiger partial charge in [0.25, 0.3) is 5.91 Å². The molecule has 0 spiro atoms. The Balaban J connectivity index is 1.77. The standard InChI is InChI=1S/C21H16ClN3O/c22-19-18-13-7-8-14-25(18)23-20(19)21(26)24(17-11-5-2-6-12-17)15-16-9-3-1-4-10-16/h1-14H,15H2. The van der Waals surface area contributed by atoms with Crippen LogP contribution >= 0.6 is 11.6 Å². The molecule has 0 N–H and O–H groups in total. The van der Waals surface area contributed by atoms with Gasteiger partial charge >= 0.3 is 0 Å². The summed E-state index contributed by atoms with van der Waals surface area (Å²) in [5, 5.41) is 4.76. The predicted octanol–water partition coefficient (Wildman–Crippen LogP) is 4.83. The van der Waals surface area contributed by atoms with Crippen molar-refractivity contribution in [3.63, 3.8) is 0 Å². The van der Waals surface area contributed by atoms with Crippen LogP contribution in [0.5, 0.6) is 0 Å². The lowest BCUT2D eigenvalue weighted by Gasteiger charge is -2.22. The molecule has 0 bridgehead atoms. The molecule has 4 rings (SSSR count). The van der Waals surface area contributed by atoms with E-state index in [2.05, 4.69) is 5.10 Å².